The van der Waals surface area contributed by atoms with Gasteiger partial charge in [0.25, 0.3) is 10.0 Å². The molecule has 2 fully saturated rings. The van der Waals surface area contributed by atoms with E-state index in [0.717, 1.165) is 29.0 Å². The minimum absolute atomic E-state index is 0.0610. The molecule has 2 saturated heterocycles. The van der Waals surface area contributed by atoms with Gasteiger partial charge in [-0.05, 0) is 44.0 Å². The summed E-state index contributed by atoms with van der Waals surface area (Å²) in [5.74, 6) is -0.656. The van der Waals surface area contributed by atoms with Gasteiger partial charge in [-0.1, -0.05) is 17.7 Å². The van der Waals surface area contributed by atoms with Crippen LogP contribution in [0, 0.1) is 12.8 Å². The topological polar surface area (TPSA) is 86.8 Å². The lowest BCUT2D eigenvalue weighted by molar-refractivity contribution is -0.126. The van der Waals surface area contributed by atoms with Crippen LogP contribution in [0.4, 0.5) is 5.69 Å². The first-order valence-electron chi connectivity index (χ1n) is 10.1. The molecule has 1 atom stereocenters. The molecular formula is C21H25N3O4S2. The average molecular weight is 448 g/mol. The van der Waals surface area contributed by atoms with E-state index < -0.39 is 15.9 Å². The zero-order valence-corrected chi connectivity index (χ0v) is 18.5. The van der Waals surface area contributed by atoms with E-state index in [0.29, 0.717) is 23.8 Å². The first-order chi connectivity index (χ1) is 14.3. The molecule has 1 N–H and O–H groups in total. The molecule has 0 aliphatic carbocycles. The van der Waals surface area contributed by atoms with Gasteiger partial charge in [0, 0.05) is 36.6 Å². The molecule has 4 rings (SSSR count). The highest BCUT2D eigenvalue weighted by Gasteiger charge is 2.35. The molecule has 0 bridgehead atoms. The van der Waals surface area contributed by atoms with Crippen LogP contribution in [0.2, 0.25) is 0 Å². The summed E-state index contributed by atoms with van der Waals surface area (Å²) >= 11 is 1.19. The predicted molar refractivity (Wildman–Crippen MR) is 116 cm³/mol. The Bertz CT molecular complexity index is 1040. The summed E-state index contributed by atoms with van der Waals surface area (Å²) in [7, 11) is -3.43. The van der Waals surface area contributed by atoms with Gasteiger partial charge in [0.05, 0.1) is 12.5 Å². The van der Waals surface area contributed by atoms with Crippen molar-refractivity contribution in [2.45, 2.75) is 36.9 Å². The number of nitrogens with one attached hydrogen (secondary N) is 1. The molecule has 30 heavy (non-hydrogen) atoms. The van der Waals surface area contributed by atoms with Crippen LogP contribution in [0.1, 0.15) is 29.7 Å². The normalized spacial score (nSPS) is 20.1. The van der Waals surface area contributed by atoms with Crippen molar-refractivity contribution in [1.29, 1.82) is 0 Å². The second kappa shape index (κ2) is 8.49. The molecule has 0 spiro atoms. The second-order valence-electron chi connectivity index (χ2n) is 7.79. The van der Waals surface area contributed by atoms with Gasteiger partial charge in [-0.15, -0.1) is 11.3 Å². The van der Waals surface area contributed by atoms with Gasteiger partial charge in [0.2, 0.25) is 11.8 Å². The van der Waals surface area contributed by atoms with E-state index in [4.69, 9.17) is 0 Å². The second-order valence-corrected chi connectivity index (χ2v) is 11.1. The number of carbonyl (C=O) groups excluding carboxylic acids is 2. The van der Waals surface area contributed by atoms with Gasteiger partial charge in [-0.3, -0.25) is 9.59 Å². The highest BCUT2D eigenvalue weighted by molar-refractivity contribution is 7.91. The Morgan fingerprint density at radius 3 is 2.53 bits per heavy atom. The number of rotatable bonds is 6. The van der Waals surface area contributed by atoms with Crippen LogP contribution < -0.4 is 10.2 Å². The van der Waals surface area contributed by atoms with Crippen molar-refractivity contribution in [3.63, 3.8) is 0 Å². The van der Waals surface area contributed by atoms with Crippen LogP contribution in [0.3, 0.4) is 0 Å². The fourth-order valence-corrected chi connectivity index (χ4v) is 6.79. The quantitative estimate of drug-likeness (QED) is 0.737. The van der Waals surface area contributed by atoms with Crippen molar-refractivity contribution in [3.8, 4) is 0 Å². The monoisotopic (exact) mass is 447 g/mol. The number of anilines is 1. The summed E-state index contributed by atoms with van der Waals surface area (Å²) in [5.41, 5.74) is 1.91. The molecular weight excluding hydrogens is 422 g/mol. The Morgan fingerprint density at radius 1 is 1.13 bits per heavy atom. The van der Waals surface area contributed by atoms with Crippen LogP contribution in [-0.4, -0.2) is 44.2 Å². The number of carbonyl (C=O) groups is 2. The van der Waals surface area contributed by atoms with Crippen LogP contribution in [-0.2, 0) is 26.2 Å². The van der Waals surface area contributed by atoms with Gasteiger partial charge < -0.3 is 10.2 Å². The van der Waals surface area contributed by atoms with E-state index in [2.05, 4.69) is 5.32 Å². The van der Waals surface area contributed by atoms with E-state index in [-0.39, 0.29) is 24.8 Å². The van der Waals surface area contributed by atoms with Gasteiger partial charge in [0.1, 0.15) is 4.21 Å². The van der Waals surface area contributed by atoms with Crippen molar-refractivity contribution >= 4 is 38.9 Å². The molecule has 0 radical (unpaired) electrons. The lowest BCUT2D eigenvalue weighted by Crippen LogP contribution is -2.32. The highest BCUT2D eigenvalue weighted by atomic mass is 32.2. The van der Waals surface area contributed by atoms with Crippen molar-refractivity contribution < 1.29 is 18.0 Å². The smallest absolute Gasteiger partial charge is 0.252 e. The van der Waals surface area contributed by atoms with E-state index in [9.17, 15) is 18.0 Å². The summed E-state index contributed by atoms with van der Waals surface area (Å²) < 4.78 is 27.1. The molecule has 1 aromatic carbocycles. The zero-order chi connectivity index (χ0) is 21.3. The Balaban J connectivity index is 1.35. The molecule has 2 aliphatic rings. The number of aryl methyl sites for hydroxylation is 1. The maximum Gasteiger partial charge on any atom is 0.252 e. The third-order valence-electron chi connectivity index (χ3n) is 5.57. The number of thiophene rings is 1. The van der Waals surface area contributed by atoms with Crippen LogP contribution in [0.5, 0.6) is 0 Å². The van der Waals surface area contributed by atoms with E-state index in [1.807, 2.05) is 31.2 Å². The molecule has 160 valence electrons. The van der Waals surface area contributed by atoms with Crippen LogP contribution in [0.25, 0.3) is 0 Å². The number of amides is 2. The Hall–Kier alpha value is -2.23. The Kier molecular flexibility index (Phi) is 5.95. The maximum atomic E-state index is 12.6. The van der Waals surface area contributed by atoms with Gasteiger partial charge >= 0.3 is 0 Å². The molecule has 7 nitrogen and oxygen atoms in total. The molecule has 0 saturated carbocycles. The number of benzene rings is 1. The van der Waals surface area contributed by atoms with Gasteiger partial charge in [0.15, 0.2) is 0 Å². The van der Waals surface area contributed by atoms with Gasteiger partial charge in [-0.2, -0.15) is 4.31 Å². The fraction of sp³-hybridized carbons (Fsp3) is 0.429. The predicted octanol–water partition coefficient (Wildman–Crippen LogP) is 2.51. The number of sulfonamides is 1. The Labute approximate surface area is 180 Å². The number of hydrogen-bond acceptors (Lipinski definition) is 5. The first kappa shape index (κ1) is 21.0. The molecule has 1 unspecified atom stereocenters. The summed E-state index contributed by atoms with van der Waals surface area (Å²) in [6.45, 7) is 3.73. The summed E-state index contributed by atoms with van der Waals surface area (Å²) in [4.78, 5) is 27.4. The van der Waals surface area contributed by atoms with Crippen LogP contribution in [0.15, 0.2) is 40.6 Å². The third kappa shape index (κ3) is 4.28. The summed E-state index contributed by atoms with van der Waals surface area (Å²) in [6, 6.07) is 11.0. The largest absolute Gasteiger partial charge is 0.351 e. The molecule has 1 aromatic heterocycles. The molecule has 9 heteroatoms. The molecule has 2 aliphatic heterocycles. The van der Waals surface area contributed by atoms with Gasteiger partial charge in [-0.25, -0.2) is 8.42 Å². The SMILES string of the molecule is Cc1ccc(N2CC(C(=O)NCc3ccc(S(=O)(=O)N4CCCC4)s3)CC2=O)cc1. The lowest BCUT2D eigenvalue weighted by atomic mass is 10.1. The van der Waals surface area contributed by atoms with E-state index in [1.165, 1.54) is 15.6 Å². The lowest BCUT2D eigenvalue weighted by Gasteiger charge is -2.17. The van der Waals surface area contributed by atoms with Crippen molar-refractivity contribution in [2.75, 3.05) is 24.5 Å². The Morgan fingerprint density at radius 2 is 1.83 bits per heavy atom. The van der Waals surface area contributed by atoms with Crippen LogP contribution >= 0.6 is 11.3 Å². The molecule has 2 aromatic rings. The molecule has 3 heterocycles. The zero-order valence-electron chi connectivity index (χ0n) is 16.8. The van der Waals surface area contributed by atoms with E-state index in [1.54, 1.807) is 17.0 Å². The van der Waals surface area contributed by atoms with E-state index >= 15 is 0 Å². The standard InChI is InChI=1S/C21H25N3O4S2/c1-15-4-6-17(7-5-15)24-14-16(12-19(24)25)21(26)22-13-18-8-9-20(29-18)30(27,28)23-10-2-3-11-23/h4-9,16H,2-3,10-14H2,1H3,(H,22,26). The molecule has 2 amide bonds. The van der Waals surface area contributed by atoms with Crippen molar-refractivity contribution in [3.05, 3.63) is 46.8 Å². The summed E-state index contributed by atoms with van der Waals surface area (Å²) in [6.07, 6.45) is 1.97. The number of hydrogen-bond donors (Lipinski definition) is 1. The highest BCUT2D eigenvalue weighted by Crippen LogP contribution is 2.28. The first-order valence-corrected chi connectivity index (χ1v) is 12.3. The third-order valence-corrected chi connectivity index (χ3v) is 9.03. The summed E-state index contributed by atoms with van der Waals surface area (Å²) in [5, 5.41) is 2.86. The maximum absolute atomic E-state index is 12.6. The van der Waals surface area contributed by atoms with Crippen molar-refractivity contribution in [1.82, 2.24) is 9.62 Å². The van der Waals surface area contributed by atoms with Crippen molar-refractivity contribution in [2.24, 2.45) is 5.92 Å². The fourth-order valence-electron chi connectivity index (χ4n) is 3.82. The average Bonchev–Trinajstić information content (AvgIpc) is 3.48. The number of nitrogens with zero attached hydrogens (tertiary/aromatic N) is 2. The minimum atomic E-state index is -3.43. The minimum Gasteiger partial charge on any atom is -0.351 e.